The third-order valence-corrected chi connectivity index (χ3v) is 2.83. The Morgan fingerprint density at radius 1 is 1.13 bits per heavy atom. The lowest BCUT2D eigenvalue weighted by atomic mass is 9.88. The van der Waals surface area contributed by atoms with Gasteiger partial charge >= 0.3 is 0 Å². The molecule has 0 radical (unpaired) electrons. The zero-order chi connectivity index (χ0) is 10.0. The molecule has 1 aromatic rings. The summed E-state index contributed by atoms with van der Waals surface area (Å²) in [5, 5.41) is 3.22. The van der Waals surface area contributed by atoms with Crippen LogP contribution in [0, 0.1) is 0 Å². The van der Waals surface area contributed by atoms with Crippen molar-refractivity contribution in [1.29, 1.82) is 0 Å². The van der Waals surface area contributed by atoms with E-state index in [2.05, 4.69) is 17.4 Å². The quantitative estimate of drug-likeness (QED) is 0.854. The summed E-state index contributed by atoms with van der Waals surface area (Å²) in [4.78, 5) is 0. The molecule has 1 N–H and O–H groups in total. The van der Waals surface area contributed by atoms with E-state index in [4.69, 9.17) is 9.47 Å². The summed E-state index contributed by atoms with van der Waals surface area (Å²) in [6.07, 6.45) is 0. The predicted molar refractivity (Wildman–Crippen MR) is 61.8 cm³/mol. The maximum absolute atomic E-state index is 5.53. The topological polar surface area (TPSA) is 30.5 Å². The monoisotopic (exact) mass is 229 g/mol. The molecule has 0 unspecified atom stereocenters. The van der Waals surface area contributed by atoms with Gasteiger partial charge in [0.25, 0.3) is 0 Å². The van der Waals surface area contributed by atoms with Crippen LogP contribution in [0.2, 0.25) is 0 Å². The number of methoxy groups -OCH3 is 2. The normalized spacial score (nSPS) is 17.5. The maximum Gasteiger partial charge on any atom is 0.118 e. The molecule has 3 nitrogen and oxygen atoms in total. The van der Waals surface area contributed by atoms with Crippen LogP contribution in [0.5, 0.6) is 5.75 Å². The van der Waals surface area contributed by atoms with E-state index >= 15 is 0 Å². The van der Waals surface area contributed by atoms with E-state index in [9.17, 15) is 0 Å². The van der Waals surface area contributed by atoms with E-state index in [-0.39, 0.29) is 18.0 Å². The van der Waals surface area contributed by atoms with Gasteiger partial charge in [-0.25, -0.2) is 0 Å². The molecule has 84 valence electrons. The molecule has 0 saturated carbocycles. The number of nitrogens with one attached hydrogen (secondary N) is 1. The number of ether oxygens (including phenoxy) is 2. The summed E-state index contributed by atoms with van der Waals surface area (Å²) < 4.78 is 10.6. The second-order valence-electron chi connectivity index (χ2n) is 3.53. The minimum absolute atomic E-state index is 0. The van der Waals surface area contributed by atoms with Crippen LogP contribution < -0.4 is 10.1 Å². The first kappa shape index (κ1) is 12.3. The van der Waals surface area contributed by atoms with Gasteiger partial charge in [-0.05, 0) is 17.7 Å². The molecule has 1 fully saturated rings. The molecule has 1 aliphatic heterocycles. The highest BCUT2D eigenvalue weighted by Crippen LogP contribution is 2.30. The summed E-state index contributed by atoms with van der Waals surface area (Å²) in [6, 6.07) is 8.05. The van der Waals surface area contributed by atoms with Crippen molar-refractivity contribution in [1.82, 2.24) is 5.32 Å². The van der Waals surface area contributed by atoms with E-state index < -0.39 is 0 Å². The van der Waals surface area contributed by atoms with Crippen LogP contribution in [-0.2, 0) is 10.3 Å². The van der Waals surface area contributed by atoms with Crippen LogP contribution in [-0.4, -0.2) is 27.3 Å². The third-order valence-electron chi connectivity index (χ3n) is 2.83. The lowest BCUT2D eigenvalue weighted by Crippen LogP contribution is -2.57. The van der Waals surface area contributed by atoms with Crippen molar-refractivity contribution in [2.45, 2.75) is 5.60 Å². The van der Waals surface area contributed by atoms with Crippen molar-refractivity contribution >= 4 is 12.4 Å². The molecule has 1 saturated heterocycles. The molecule has 15 heavy (non-hydrogen) atoms. The molecule has 1 aromatic carbocycles. The fraction of sp³-hybridized carbons (Fsp3) is 0.455. The van der Waals surface area contributed by atoms with Gasteiger partial charge in [0.2, 0.25) is 0 Å². The Bertz CT molecular complexity index is 303. The predicted octanol–water partition coefficient (Wildman–Crippen LogP) is 1.56. The van der Waals surface area contributed by atoms with Gasteiger partial charge in [-0.15, -0.1) is 12.4 Å². The number of benzene rings is 1. The first-order valence-electron chi connectivity index (χ1n) is 4.71. The first-order valence-corrected chi connectivity index (χ1v) is 4.71. The molecule has 0 aliphatic carbocycles. The Labute approximate surface area is 96.2 Å². The van der Waals surface area contributed by atoms with Crippen molar-refractivity contribution in [2.75, 3.05) is 27.3 Å². The third kappa shape index (κ3) is 2.09. The first-order chi connectivity index (χ1) is 6.80. The van der Waals surface area contributed by atoms with Crippen LogP contribution in [0.25, 0.3) is 0 Å². The number of hydrogen-bond donors (Lipinski definition) is 1. The van der Waals surface area contributed by atoms with Crippen LogP contribution in [0.1, 0.15) is 5.56 Å². The van der Waals surface area contributed by atoms with Crippen molar-refractivity contribution in [3.63, 3.8) is 0 Å². The number of hydrogen-bond acceptors (Lipinski definition) is 3. The van der Waals surface area contributed by atoms with Gasteiger partial charge in [-0.3, -0.25) is 0 Å². The van der Waals surface area contributed by atoms with E-state index in [1.807, 2.05) is 12.1 Å². The van der Waals surface area contributed by atoms with Gasteiger partial charge in [-0.2, -0.15) is 0 Å². The second-order valence-corrected chi connectivity index (χ2v) is 3.53. The lowest BCUT2D eigenvalue weighted by molar-refractivity contribution is -0.0565. The zero-order valence-corrected chi connectivity index (χ0v) is 9.76. The molecule has 0 aromatic heterocycles. The fourth-order valence-electron chi connectivity index (χ4n) is 1.71. The highest BCUT2D eigenvalue weighted by Gasteiger charge is 2.38. The summed E-state index contributed by atoms with van der Waals surface area (Å²) in [6.45, 7) is 1.77. The van der Waals surface area contributed by atoms with Gasteiger partial charge in [0, 0.05) is 20.2 Å². The molecular formula is C11H16ClNO2. The van der Waals surface area contributed by atoms with Gasteiger partial charge in [0.1, 0.15) is 11.4 Å². The lowest BCUT2D eigenvalue weighted by Gasteiger charge is -2.41. The Balaban J connectivity index is 0.00000112. The smallest absolute Gasteiger partial charge is 0.118 e. The van der Waals surface area contributed by atoms with Crippen molar-refractivity contribution in [2.24, 2.45) is 0 Å². The van der Waals surface area contributed by atoms with Crippen LogP contribution in [0.15, 0.2) is 24.3 Å². The standard InChI is InChI=1S/C11H15NO2.ClH/c1-13-10-5-3-9(4-6-10)11(14-2)7-12-8-11;/h3-6,12H,7-8H2,1-2H3;1H. The SMILES string of the molecule is COc1ccc(C2(OC)CNC2)cc1.Cl. The van der Waals surface area contributed by atoms with Crippen molar-refractivity contribution in [3.8, 4) is 5.75 Å². The summed E-state index contributed by atoms with van der Waals surface area (Å²) in [5.74, 6) is 0.882. The minimum Gasteiger partial charge on any atom is -0.497 e. The highest BCUT2D eigenvalue weighted by molar-refractivity contribution is 5.85. The average molecular weight is 230 g/mol. The van der Waals surface area contributed by atoms with Crippen molar-refractivity contribution < 1.29 is 9.47 Å². The summed E-state index contributed by atoms with van der Waals surface area (Å²) in [7, 11) is 3.43. The highest BCUT2D eigenvalue weighted by atomic mass is 35.5. The molecule has 0 spiro atoms. The zero-order valence-electron chi connectivity index (χ0n) is 8.95. The number of halogens is 1. The molecule has 1 aliphatic rings. The molecule has 4 heteroatoms. The molecule has 2 rings (SSSR count). The van der Waals surface area contributed by atoms with Crippen LogP contribution in [0.3, 0.4) is 0 Å². The maximum atomic E-state index is 5.53. The van der Waals surface area contributed by atoms with E-state index in [0.29, 0.717) is 0 Å². The minimum atomic E-state index is -0.119. The number of rotatable bonds is 3. The Kier molecular flexibility index (Phi) is 3.97. The van der Waals surface area contributed by atoms with Gasteiger partial charge < -0.3 is 14.8 Å². The van der Waals surface area contributed by atoms with E-state index in [0.717, 1.165) is 18.8 Å². The molecule has 0 atom stereocenters. The molecule has 1 heterocycles. The Hall–Kier alpha value is -0.770. The van der Waals surface area contributed by atoms with Crippen LogP contribution >= 0.6 is 12.4 Å². The largest absolute Gasteiger partial charge is 0.497 e. The van der Waals surface area contributed by atoms with E-state index in [1.165, 1.54) is 5.56 Å². The summed E-state index contributed by atoms with van der Waals surface area (Å²) in [5.41, 5.74) is 1.09. The molecule has 0 amide bonds. The van der Waals surface area contributed by atoms with Gasteiger partial charge in [0.05, 0.1) is 7.11 Å². The van der Waals surface area contributed by atoms with Crippen LogP contribution in [0.4, 0.5) is 0 Å². The summed E-state index contributed by atoms with van der Waals surface area (Å²) >= 11 is 0. The molecule has 0 bridgehead atoms. The Morgan fingerprint density at radius 2 is 1.73 bits per heavy atom. The molecular weight excluding hydrogens is 214 g/mol. The average Bonchev–Trinajstić information content (AvgIpc) is 2.18. The van der Waals surface area contributed by atoms with Crippen molar-refractivity contribution in [3.05, 3.63) is 29.8 Å². The van der Waals surface area contributed by atoms with Gasteiger partial charge in [0.15, 0.2) is 0 Å². The van der Waals surface area contributed by atoms with Gasteiger partial charge in [-0.1, -0.05) is 12.1 Å². The Morgan fingerprint density at radius 3 is 2.07 bits per heavy atom. The second kappa shape index (κ2) is 4.84. The van der Waals surface area contributed by atoms with E-state index in [1.54, 1.807) is 14.2 Å². The fourth-order valence-corrected chi connectivity index (χ4v) is 1.71.